The summed E-state index contributed by atoms with van der Waals surface area (Å²) in [6.07, 6.45) is 6.32. The fraction of sp³-hybridized carbons (Fsp3) is 0.480. The predicted molar refractivity (Wildman–Crippen MR) is 125 cm³/mol. The van der Waals surface area contributed by atoms with E-state index < -0.39 is 18.4 Å². The summed E-state index contributed by atoms with van der Waals surface area (Å²) in [5.74, 6) is 0.138. The zero-order valence-electron chi connectivity index (χ0n) is 19.0. The number of carbonyl (C=O) groups excluding carboxylic acids is 2. The molecule has 8 heteroatoms. The second kappa shape index (κ2) is 10.4. The van der Waals surface area contributed by atoms with Gasteiger partial charge in [-0.25, -0.2) is 4.79 Å². The van der Waals surface area contributed by atoms with Gasteiger partial charge in [-0.15, -0.1) is 0 Å². The Kier molecular flexibility index (Phi) is 7.38. The Labute approximate surface area is 199 Å². The highest BCUT2D eigenvalue weighted by Gasteiger charge is 2.41. The van der Waals surface area contributed by atoms with Crippen LogP contribution in [-0.4, -0.2) is 34.0 Å². The average Bonchev–Trinajstić information content (AvgIpc) is 2.91. The highest BCUT2D eigenvalue weighted by Crippen LogP contribution is 2.38. The Morgan fingerprint density at radius 1 is 1.27 bits per heavy atom. The number of ether oxygens (including phenoxy) is 2. The van der Waals surface area contributed by atoms with Gasteiger partial charge in [0.2, 0.25) is 6.23 Å². The fourth-order valence-electron chi connectivity index (χ4n) is 4.40. The highest BCUT2D eigenvalue weighted by atomic mass is 35.5. The lowest BCUT2D eigenvalue weighted by Gasteiger charge is -2.32. The van der Waals surface area contributed by atoms with Crippen LogP contribution in [0.4, 0.5) is 4.79 Å². The van der Waals surface area contributed by atoms with Gasteiger partial charge in [-0.1, -0.05) is 50.8 Å². The summed E-state index contributed by atoms with van der Waals surface area (Å²) in [4.78, 5) is 32.3. The van der Waals surface area contributed by atoms with Crippen molar-refractivity contribution in [2.75, 3.05) is 0 Å². The van der Waals surface area contributed by atoms with Crippen molar-refractivity contribution in [3.05, 3.63) is 58.9 Å². The molecular weight excluding hydrogens is 442 g/mol. The van der Waals surface area contributed by atoms with Crippen molar-refractivity contribution < 1.29 is 19.1 Å². The normalized spacial score (nSPS) is 21.2. The number of nitrogens with zero attached hydrogens (tertiary/aromatic N) is 2. The Balaban J connectivity index is 1.69. The Hall–Kier alpha value is -2.80. The summed E-state index contributed by atoms with van der Waals surface area (Å²) in [5.41, 5.74) is 1.36. The van der Waals surface area contributed by atoms with E-state index in [-0.39, 0.29) is 24.4 Å². The number of hydrogen-bond donors (Lipinski definition) is 1. The van der Waals surface area contributed by atoms with Crippen LogP contribution < -0.4 is 10.1 Å². The van der Waals surface area contributed by atoms with Crippen molar-refractivity contribution in [2.45, 2.75) is 70.9 Å². The number of carbonyl (C=O) groups is 2. The van der Waals surface area contributed by atoms with Crippen LogP contribution in [0.15, 0.2) is 42.7 Å². The maximum atomic E-state index is 13.7. The third kappa shape index (κ3) is 5.58. The first-order valence-corrected chi connectivity index (χ1v) is 11.9. The van der Waals surface area contributed by atoms with Crippen molar-refractivity contribution in [2.24, 2.45) is 5.92 Å². The van der Waals surface area contributed by atoms with Crippen molar-refractivity contribution in [1.29, 1.82) is 0 Å². The Morgan fingerprint density at radius 2 is 2.06 bits per heavy atom. The molecule has 1 aromatic carbocycles. The van der Waals surface area contributed by atoms with E-state index in [1.54, 1.807) is 35.5 Å². The van der Waals surface area contributed by atoms with Crippen molar-refractivity contribution in [3.8, 4) is 5.75 Å². The van der Waals surface area contributed by atoms with Crippen LogP contribution in [0.3, 0.4) is 0 Å². The molecule has 1 N–H and O–H groups in total. The number of benzene rings is 1. The van der Waals surface area contributed by atoms with E-state index in [0.717, 1.165) is 31.2 Å². The molecule has 0 saturated heterocycles. The number of rotatable bonds is 5. The van der Waals surface area contributed by atoms with Crippen molar-refractivity contribution >= 4 is 23.6 Å². The molecule has 0 spiro atoms. The molecule has 2 aliphatic rings. The molecule has 1 aliphatic carbocycles. The van der Waals surface area contributed by atoms with Gasteiger partial charge in [0, 0.05) is 23.5 Å². The SMILES string of the molecule is CC(C)C1Oc2ccc(Cl)cc2C(OC(=O)NC2CCCCC2)N(Cc2cccnc2)C1=O. The third-order valence-electron chi connectivity index (χ3n) is 6.13. The lowest BCUT2D eigenvalue weighted by Crippen LogP contribution is -2.46. The zero-order valence-corrected chi connectivity index (χ0v) is 19.8. The average molecular weight is 472 g/mol. The number of nitrogens with one attached hydrogen (secondary N) is 1. The summed E-state index contributed by atoms with van der Waals surface area (Å²) < 4.78 is 12.1. The Morgan fingerprint density at radius 3 is 2.76 bits per heavy atom. The topological polar surface area (TPSA) is 80.8 Å². The molecule has 1 fully saturated rings. The van der Waals surface area contributed by atoms with Crippen LogP contribution in [0.1, 0.15) is 63.3 Å². The monoisotopic (exact) mass is 471 g/mol. The molecule has 2 atom stereocenters. The summed E-state index contributed by atoms with van der Waals surface area (Å²) in [6.45, 7) is 4.07. The predicted octanol–water partition coefficient (Wildman–Crippen LogP) is 5.24. The number of halogens is 1. The van der Waals surface area contributed by atoms with E-state index in [4.69, 9.17) is 21.1 Å². The lowest BCUT2D eigenvalue weighted by molar-refractivity contribution is -0.150. The van der Waals surface area contributed by atoms with Gasteiger partial charge >= 0.3 is 6.09 Å². The standard InChI is InChI=1S/C25H30ClN3O4/c1-16(2)22-23(30)29(15-17-7-6-12-27-14-17)24(20-13-18(26)10-11-21(20)32-22)33-25(31)28-19-8-4-3-5-9-19/h6-7,10-14,16,19,22,24H,3-5,8-9,15H2,1-2H3,(H,28,31). The second-order valence-corrected chi connectivity index (χ2v) is 9.47. The maximum Gasteiger partial charge on any atom is 0.409 e. The zero-order chi connectivity index (χ0) is 23.4. The molecular formula is C25H30ClN3O4. The van der Waals surface area contributed by atoms with E-state index in [0.29, 0.717) is 16.3 Å². The quantitative estimate of drug-likeness (QED) is 0.645. The largest absolute Gasteiger partial charge is 0.480 e. The Bertz CT molecular complexity index is 979. The number of fused-ring (bicyclic) bond motifs is 1. The first-order valence-electron chi connectivity index (χ1n) is 11.5. The summed E-state index contributed by atoms with van der Waals surface area (Å²) in [5, 5.41) is 3.45. The molecule has 2 unspecified atom stereocenters. The minimum absolute atomic E-state index is 0.0815. The minimum atomic E-state index is -0.987. The molecule has 2 aromatic rings. The smallest absolute Gasteiger partial charge is 0.409 e. The summed E-state index contributed by atoms with van der Waals surface area (Å²) >= 11 is 6.31. The summed E-state index contributed by atoms with van der Waals surface area (Å²) in [7, 11) is 0. The number of hydrogen-bond acceptors (Lipinski definition) is 5. The number of pyridine rings is 1. The molecule has 2 amide bonds. The van der Waals surface area contributed by atoms with E-state index in [1.165, 1.54) is 6.42 Å². The molecule has 7 nitrogen and oxygen atoms in total. The van der Waals surface area contributed by atoms with E-state index >= 15 is 0 Å². The van der Waals surface area contributed by atoms with E-state index in [9.17, 15) is 9.59 Å². The molecule has 1 saturated carbocycles. The molecule has 176 valence electrons. The number of aromatic nitrogens is 1. The van der Waals surface area contributed by atoms with Crippen molar-refractivity contribution in [3.63, 3.8) is 0 Å². The summed E-state index contributed by atoms with van der Waals surface area (Å²) in [6, 6.07) is 8.90. The molecule has 1 aliphatic heterocycles. The molecule has 33 heavy (non-hydrogen) atoms. The first kappa shape index (κ1) is 23.4. The minimum Gasteiger partial charge on any atom is -0.480 e. The van der Waals surface area contributed by atoms with Gasteiger partial charge in [0.15, 0.2) is 6.10 Å². The number of alkyl carbamates (subject to hydrolysis) is 1. The van der Waals surface area contributed by atoms with Gasteiger partial charge in [-0.2, -0.15) is 0 Å². The van der Waals surface area contributed by atoms with Gasteiger partial charge in [-0.05, 0) is 48.6 Å². The van der Waals surface area contributed by atoms with Crippen LogP contribution in [0.2, 0.25) is 5.02 Å². The van der Waals surface area contributed by atoms with Gasteiger partial charge < -0.3 is 14.8 Å². The molecule has 2 heterocycles. The number of amides is 2. The fourth-order valence-corrected chi connectivity index (χ4v) is 4.58. The van der Waals surface area contributed by atoms with Crippen molar-refractivity contribution in [1.82, 2.24) is 15.2 Å². The van der Waals surface area contributed by atoms with Gasteiger partial charge in [0.1, 0.15) is 5.75 Å². The maximum absolute atomic E-state index is 13.7. The van der Waals surface area contributed by atoms with Crippen LogP contribution in [0.5, 0.6) is 5.75 Å². The van der Waals surface area contributed by atoms with Gasteiger partial charge in [-0.3, -0.25) is 14.7 Å². The van der Waals surface area contributed by atoms with E-state index in [1.807, 2.05) is 26.0 Å². The van der Waals surface area contributed by atoms with Crippen LogP contribution in [-0.2, 0) is 16.1 Å². The molecule has 1 aromatic heterocycles. The van der Waals surface area contributed by atoms with E-state index in [2.05, 4.69) is 10.3 Å². The van der Waals surface area contributed by atoms with Gasteiger partial charge in [0.25, 0.3) is 5.91 Å². The third-order valence-corrected chi connectivity index (χ3v) is 6.36. The van der Waals surface area contributed by atoms with Gasteiger partial charge in [0.05, 0.1) is 12.1 Å². The van der Waals surface area contributed by atoms with Crippen LogP contribution in [0, 0.1) is 5.92 Å². The lowest BCUT2D eigenvalue weighted by atomic mass is 9.96. The second-order valence-electron chi connectivity index (χ2n) is 9.03. The molecule has 4 rings (SSSR count). The molecule has 0 bridgehead atoms. The highest BCUT2D eigenvalue weighted by molar-refractivity contribution is 6.30. The first-order chi connectivity index (χ1) is 15.9. The molecule has 0 radical (unpaired) electrons. The van der Waals surface area contributed by atoms with Crippen LogP contribution >= 0.6 is 11.6 Å². The van der Waals surface area contributed by atoms with Crippen LogP contribution in [0.25, 0.3) is 0 Å².